The first-order chi connectivity index (χ1) is 9.65. The lowest BCUT2D eigenvalue weighted by Gasteiger charge is -2.48. The zero-order valence-corrected chi connectivity index (χ0v) is 13.9. The number of aryl methyl sites for hydroxylation is 1. The minimum absolute atomic E-state index is 0.204. The minimum Gasteiger partial charge on any atom is -0.375 e. The summed E-state index contributed by atoms with van der Waals surface area (Å²) >= 11 is 8.32. The second-order valence-corrected chi connectivity index (χ2v) is 7.56. The second-order valence-electron chi connectivity index (χ2n) is 6.27. The molecule has 1 saturated heterocycles. The third kappa shape index (κ3) is 2.66. The van der Waals surface area contributed by atoms with Gasteiger partial charge in [0.15, 0.2) is 0 Å². The Labute approximate surface area is 130 Å². The van der Waals surface area contributed by atoms with Gasteiger partial charge >= 0.3 is 0 Å². The van der Waals surface area contributed by atoms with E-state index in [9.17, 15) is 0 Å². The van der Waals surface area contributed by atoms with Gasteiger partial charge in [0.25, 0.3) is 0 Å². The monoisotopic (exact) mass is 313 g/mol. The van der Waals surface area contributed by atoms with Gasteiger partial charge in [0.2, 0.25) is 0 Å². The molecule has 1 spiro atoms. The van der Waals surface area contributed by atoms with Gasteiger partial charge in [-0.3, -0.25) is 0 Å². The van der Waals surface area contributed by atoms with Crippen molar-refractivity contribution in [3.8, 4) is 0 Å². The molecule has 1 aromatic heterocycles. The molecule has 1 aliphatic carbocycles. The Kier molecular flexibility index (Phi) is 4.42. The van der Waals surface area contributed by atoms with E-state index >= 15 is 0 Å². The summed E-state index contributed by atoms with van der Waals surface area (Å²) in [4.78, 5) is 1.33. The molecule has 2 atom stereocenters. The van der Waals surface area contributed by atoms with Crippen molar-refractivity contribution >= 4 is 22.9 Å². The Morgan fingerprint density at radius 2 is 2.35 bits per heavy atom. The van der Waals surface area contributed by atoms with E-state index in [1.807, 2.05) is 11.3 Å². The molecule has 0 bridgehead atoms. The fourth-order valence-corrected chi connectivity index (χ4v) is 5.10. The number of thiophene rings is 1. The lowest BCUT2D eigenvalue weighted by molar-refractivity contribution is -0.147. The standard InChI is InChI=1S/C16H24ClNOS/c1-3-18-14(15-13(17)11(2)10-20-15)12-5-8-19-16(9-12)6-4-7-16/h10,12,14,18H,3-9H2,1-2H3. The third-order valence-electron chi connectivity index (χ3n) is 4.90. The maximum absolute atomic E-state index is 6.52. The molecule has 2 fully saturated rings. The summed E-state index contributed by atoms with van der Waals surface area (Å²) in [5.74, 6) is 0.652. The quantitative estimate of drug-likeness (QED) is 0.869. The van der Waals surface area contributed by atoms with Crippen LogP contribution in [-0.2, 0) is 4.74 Å². The van der Waals surface area contributed by atoms with Crippen molar-refractivity contribution in [1.29, 1.82) is 0 Å². The highest BCUT2D eigenvalue weighted by Crippen LogP contribution is 2.48. The predicted octanol–water partition coefficient (Wildman–Crippen LogP) is 4.71. The Bertz CT molecular complexity index is 469. The fraction of sp³-hybridized carbons (Fsp3) is 0.750. The molecule has 20 heavy (non-hydrogen) atoms. The molecule has 3 rings (SSSR count). The Hall–Kier alpha value is -0.0900. The van der Waals surface area contributed by atoms with Crippen molar-refractivity contribution in [3.05, 3.63) is 20.8 Å². The van der Waals surface area contributed by atoms with Gasteiger partial charge in [0.1, 0.15) is 0 Å². The molecule has 2 aliphatic rings. The third-order valence-corrected chi connectivity index (χ3v) is 6.70. The van der Waals surface area contributed by atoms with Gasteiger partial charge in [-0.2, -0.15) is 0 Å². The largest absolute Gasteiger partial charge is 0.375 e. The molecular weight excluding hydrogens is 290 g/mol. The molecule has 1 saturated carbocycles. The van der Waals surface area contributed by atoms with Crippen LogP contribution in [0.5, 0.6) is 0 Å². The number of rotatable bonds is 4. The molecule has 0 radical (unpaired) electrons. The van der Waals surface area contributed by atoms with Crippen molar-refractivity contribution in [2.45, 2.75) is 57.6 Å². The smallest absolute Gasteiger partial charge is 0.0686 e. The first-order valence-electron chi connectivity index (χ1n) is 7.76. The lowest BCUT2D eigenvalue weighted by atomic mass is 9.70. The van der Waals surface area contributed by atoms with Crippen LogP contribution >= 0.6 is 22.9 Å². The summed E-state index contributed by atoms with van der Waals surface area (Å²) in [5, 5.41) is 6.83. The van der Waals surface area contributed by atoms with Crippen LogP contribution in [-0.4, -0.2) is 18.8 Å². The number of halogens is 1. The topological polar surface area (TPSA) is 21.3 Å². The second kappa shape index (κ2) is 5.96. The van der Waals surface area contributed by atoms with Gasteiger partial charge in [-0.15, -0.1) is 11.3 Å². The number of hydrogen-bond donors (Lipinski definition) is 1. The fourth-order valence-electron chi connectivity index (χ4n) is 3.62. The first-order valence-corrected chi connectivity index (χ1v) is 9.02. The normalized spacial score (nSPS) is 26.4. The summed E-state index contributed by atoms with van der Waals surface area (Å²) < 4.78 is 6.07. The average molecular weight is 314 g/mol. The first kappa shape index (κ1) is 14.8. The number of ether oxygens (including phenoxy) is 1. The van der Waals surface area contributed by atoms with Crippen molar-refractivity contribution in [2.24, 2.45) is 5.92 Å². The van der Waals surface area contributed by atoms with Crippen LogP contribution in [0.15, 0.2) is 5.38 Å². The van der Waals surface area contributed by atoms with E-state index in [1.54, 1.807) is 0 Å². The average Bonchev–Trinajstić information content (AvgIpc) is 2.75. The molecule has 1 aromatic rings. The molecule has 1 N–H and O–H groups in total. The number of nitrogens with one attached hydrogen (secondary N) is 1. The Morgan fingerprint density at radius 3 is 2.90 bits per heavy atom. The van der Waals surface area contributed by atoms with Crippen LogP contribution < -0.4 is 5.32 Å². The highest BCUT2D eigenvalue weighted by atomic mass is 35.5. The predicted molar refractivity (Wildman–Crippen MR) is 85.7 cm³/mol. The molecule has 2 unspecified atom stereocenters. The molecule has 2 heterocycles. The van der Waals surface area contributed by atoms with E-state index in [0.29, 0.717) is 12.0 Å². The highest BCUT2D eigenvalue weighted by Gasteiger charge is 2.44. The maximum atomic E-state index is 6.52. The van der Waals surface area contributed by atoms with Gasteiger partial charge in [-0.05, 0) is 62.4 Å². The van der Waals surface area contributed by atoms with Crippen molar-refractivity contribution in [2.75, 3.05) is 13.2 Å². The van der Waals surface area contributed by atoms with Crippen LogP contribution in [0, 0.1) is 12.8 Å². The molecule has 0 amide bonds. The highest BCUT2D eigenvalue weighted by molar-refractivity contribution is 7.10. The van der Waals surface area contributed by atoms with Crippen LogP contribution in [0.1, 0.15) is 55.5 Å². The Morgan fingerprint density at radius 1 is 1.55 bits per heavy atom. The van der Waals surface area contributed by atoms with Crippen molar-refractivity contribution < 1.29 is 4.74 Å². The summed E-state index contributed by atoms with van der Waals surface area (Å²) in [6, 6.07) is 0.396. The van der Waals surface area contributed by atoms with Gasteiger partial charge in [0.05, 0.1) is 10.6 Å². The van der Waals surface area contributed by atoms with E-state index in [-0.39, 0.29) is 5.60 Å². The van der Waals surface area contributed by atoms with E-state index in [1.165, 1.54) is 36.1 Å². The zero-order valence-electron chi connectivity index (χ0n) is 12.4. The van der Waals surface area contributed by atoms with Crippen LogP contribution in [0.3, 0.4) is 0 Å². The van der Waals surface area contributed by atoms with Gasteiger partial charge in [0, 0.05) is 17.5 Å². The van der Waals surface area contributed by atoms with Gasteiger partial charge < -0.3 is 10.1 Å². The lowest BCUT2D eigenvalue weighted by Crippen LogP contribution is -2.48. The molecule has 0 aromatic carbocycles. The van der Waals surface area contributed by atoms with Crippen LogP contribution in [0.25, 0.3) is 0 Å². The Balaban J connectivity index is 1.81. The van der Waals surface area contributed by atoms with Crippen molar-refractivity contribution in [1.82, 2.24) is 5.32 Å². The molecule has 1 aliphatic heterocycles. The summed E-state index contributed by atoms with van der Waals surface area (Å²) in [6.07, 6.45) is 6.17. The van der Waals surface area contributed by atoms with Crippen LogP contribution in [0.4, 0.5) is 0 Å². The molecule has 112 valence electrons. The van der Waals surface area contributed by atoms with Gasteiger partial charge in [-0.25, -0.2) is 0 Å². The van der Waals surface area contributed by atoms with Crippen molar-refractivity contribution in [3.63, 3.8) is 0 Å². The SMILES string of the molecule is CCNC(c1scc(C)c1Cl)C1CCOC2(CCC2)C1. The van der Waals surface area contributed by atoms with E-state index in [2.05, 4.69) is 24.5 Å². The van der Waals surface area contributed by atoms with E-state index < -0.39 is 0 Å². The minimum atomic E-state index is 0.204. The molecular formula is C16H24ClNOS. The van der Waals surface area contributed by atoms with Gasteiger partial charge in [-0.1, -0.05) is 18.5 Å². The zero-order chi connectivity index (χ0) is 14.2. The molecule has 2 nitrogen and oxygen atoms in total. The summed E-state index contributed by atoms with van der Waals surface area (Å²) in [6.45, 7) is 6.18. The summed E-state index contributed by atoms with van der Waals surface area (Å²) in [7, 11) is 0. The number of hydrogen-bond acceptors (Lipinski definition) is 3. The van der Waals surface area contributed by atoms with Crippen LogP contribution in [0.2, 0.25) is 5.02 Å². The van der Waals surface area contributed by atoms with E-state index in [4.69, 9.17) is 16.3 Å². The molecule has 4 heteroatoms. The maximum Gasteiger partial charge on any atom is 0.0686 e. The van der Waals surface area contributed by atoms with E-state index in [0.717, 1.165) is 24.6 Å². The summed E-state index contributed by atoms with van der Waals surface area (Å²) in [5.41, 5.74) is 1.41.